The second-order valence-corrected chi connectivity index (χ2v) is 25.3. The van der Waals surface area contributed by atoms with Crippen LogP contribution in [-0.2, 0) is 41.8 Å². The van der Waals surface area contributed by atoms with Gasteiger partial charge >= 0.3 is 0 Å². The van der Waals surface area contributed by atoms with E-state index >= 15 is 0 Å². The zero-order valence-corrected chi connectivity index (χ0v) is 49.5. The predicted molar refractivity (Wildman–Crippen MR) is 320 cm³/mol. The van der Waals surface area contributed by atoms with Crippen LogP contribution in [0.1, 0.15) is 116 Å². The second-order valence-electron chi connectivity index (χ2n) is 25.3. The third kappa shape index (κ3) is 9.80. The van der Waals surface area contributed by atoms with Crippen molar-refractivity contribution in [3.8, 4) is 39.3 Å². The van der Waals surface area contributed by atoms with Crippen molar-refractivity contribution >= 4 is 62.0 Å². The van der Waals surface area contributed by atoms with Gasteiger partial charge in [0, 0.05) is 77.4 Å². The van der Waals surface area contributed by atoms with Gasteiger partial charge in [0.05, 0.1) is 5.52 Å². The first-order chi connectivity index (χ1) is 35.9. The van der Waals surface area contributed by atoms with Crippen molar-refractivity contribution in [3.05, 3.63) is 209 Å². The molecule has 389 valence electrons. The minimum Gasteiger partial charge on any atom is -0.311 e. The van der Waals surface area contributed by atoms with Crippen molar-refractivity contribution in [1.82, 2.24) is 14.5 Å². The first-order valence-electron chi connectivity index (χ1n) is 26.8. The Hall–Kier alpha value is -6.92. The summed E-state index contributed by atoms with van der Waals surface area (Å²) in [5.74, 6) is -0.275. The van der Waals surface area contributed by atoms with Crippen LogP contribution in [0, 0.1) is 31.8 Å². The molecule has 2 aliphatic rings. The minimum absolute atomic E-state index is 0. The summed E-state index contributed by atoms with van der Waals surface area (Å²) < 4.78 is 15.3. The number of rotatable bonds is 4. The van der Waals surface area contributed by atoms with Crippen molar-refractivity contribution in [2.75, 3.05) is 4.90 Å². The Labute approximate surface area is 470 Å². The molecule has 12 rings (SSSR count). The number of nitrogens with zero attached hydrogens (tertiary/aromatic N) is 4. The maximum Gasteiger partial charge on any atom is 0.252 e. The number of hydrogen-bond acceptors (Lipinski definition) is 3. The maximum atomic E-state index is 12.7. The van der Waals surface area contributed by atoms with E-state index in [9.17, 15) is 4.39 Å². The molecule has 77 heavy (non-hydrogen) atoms. The van der Waals surface area contributed by atoms with Crippen LogP contribution in [0.25, 0.3) is 61.1 Å². The van der Waals surface area contributed by atoms with E-state index in [0.717, 1.165) is 44.9 Å². The average molecular weight is 1190 g/mol. The summed E-state index contributed by atoms with van der Waals surface area (Å²) >= 11 is 0. The van der Waals surface area contributed by atoms with Gasteiger partial charge in [0.15, 0.2) is 0 Å². The monoisotopic (exact) mass is 1190 g/mol. The number of aryl methyl sites for hydroxylation is 2. The van der Waals surface area contributed by atoms with E-state index in [1.54, 1.807) is 6.07 Å². The van der Waals surface area contributed by atoms with Crippen LogP contribution in [0.3, 0.4) is 0 Å². The molecule has 0 saturated carbocycles. The Morgan fingerprint density at radius 2 is 1.12 bits per heavy atom. The van der Waals surface area contributed by atoms with Crippen molar-refractivity contribution in [2.24, 2.45) is 0 Å². The molecule has 0 fully saturated rings. The van der Waals surface area contributed by atoms with Crippen molar-refractivity contribution in [2.45, 2.75) is 119 Å². The number of halogens is 1. The zero-order chi connectivity index (χ0) is 53.8. The van der Waals surface area contributed by atoms with Crippen LogP contribution in [0.2, 0.25) is 0 Å². The quantitative estimate of drug-likeness (QED) is 0.130. The molecule has 3 aromatic heterocycles. The zero-order valence-electron chi connectivity index (χ0n) is 47.1. The molecule has 5 heterocycles. The molecule has 1 radical (unpaired) electrons. The third-order valence-corrected chi connectivity index (χ3v) is 15.8. The van der Waals surface area contributed by atoms with Gasteiger partial charge in [-0.25, -0.2) is 0 Å². The first kappa shape index (κ1) is 53.5. The Morgan fingerprint density at radius 1 is 0.494 bits per heavy atom. The van der Waals surface area contributed by atoms with Crippen molar-refractivity contribution < 1.29 is 24.5 Å². The summed E-state index contributed by atoms with van der Waals surface area (Å²) in [5.41, 5.74) is 25.0. The molecule has 0 unspecified atom stereocenters. The van der Waals surface area contributed by atoms with Crippen molar-refractivity contribution in [3.63, 3.8) is 0 Å². The van der Waals surface area contributed by atoms with Gasteiger partial charge in [0.1, 0.15) is 0 Å². The molecule has 0 saturated heterocycles. The van der Waals surface area contributed by atoms with E-state index in [1.807, 2.05) is 50.5 Å². The molecule has 0 bridgehead atoms. The Balaban J connectivity index is 0.000000362. The van der Waals surface area contributed by atoms with Gasteiger partial charge in [-0.05, 0) is 151 Å². The second kappa shape index (κ2) is 19.5. The van der Waals surface area contributed by atoms with Gasteiger partial charge in [-0.15, -0.1) is 65.7 Å². The normalized spacial score (nSPS) is 13.0. The van der Waals surface area contributed by atoms with Crippen LogP contribution >= 0.6 is 0 Å². The molecule has 7 heteroatoms. The van der Waals surface area contributed by atoms with E-state index < -0.39 is 0 Å². The molecule has 0 spiro atoms. The van der Waals surface area contributed by atoms with Gasteiger partial charge in [-0.3, -0.25) is 4.39 Å². The van der Waals surface area contributed by atoms with Gasteiger partial charge in [0.25, 0.3) is 6.71 Å². The van der Waals surface area contributed by atoms with E-state index in [2.05, 4.69) is 213 Å². The smallest absolute Gasteiger partial charge is 0.252 e. The van der Waals surface area contributed by atoms with Crippen LogP contribution in [0.4, 0.5) is 21.5 Å². The molecule has 0 atom stereocenters. The minimum atomic E-state index is -0.275. The molecular weight excluding hydrogens is 1120 g/mol. The van der Waals surface area contributed by atoms with Crippen LogP contribution < -0.4 is 21.3 Å². The Kier molecular flexibility index (Phi) is 13.6. The predicted octanol–water partition coefficient (Wildman–Crippen LogP) is 16.4. The number of pyridine rings is 2. The largest absolute Gasteiger partial charge is 0.311 e. The summed E-state index contributed by atoms with van der Waals surface area (Å²) in [6.07, 6.45) is 3.87. The molecular formula is C70H68BFIrN4-2. The number of fused-ring (bicyclic) bond motifs is 7. The van der Waals surface area contributed by atoms with Gasteiger partial charge < -0.3 is 19.4 Å². The molecule has 4 nitrogen and oxygen atoms in total. The fraction of sp³-hybridized carbons (Fsp3) is 0.257. The SMILES string of the molecule is CC(C)(C)c1ccc(N2c3ccc(C(C)(C)C)cc3B3c4c2cc(-c2ccc(-c5[c-]cccc5)nc2)cc4-n2c4ccc(C(C)(C)C)cc4c4cc(C(C)(C)C)cc3c42)cc1.Cc1cnc(-c2[c-]cc(F)cc2)cc1C.[Ir]. The van der Waals surface area contributed by atoms with Crippen LogP contribution in [0.15, 0.2) is 158 Å². The number of aromatic nitrogens is 3. The van der Waals surface area contributed by atoms with Gasteiger partial charge in [-0.1, -0.05) is 143 Å². The average Bonchev–Trinajstić information content (AvgIpc) is 3.97. The Morgan fingerprint density at radius 3 is 1.74 bits per heavy atom. The summed E-state index contributed by atoms with van der Waals surface area (Å²) in [4.78, 5) is 11.9. The summed E-state index contributed by atoms with van der Waals surface area (Å²) in [7, 11) is 0. The number of hydrogen-bond donors (Lipinski definition) is 0. The van der Waals surface area contributed by atoms with Crippen LogP contribution in [-0.4, -0.2) is 21.2 Å². The van der Waals surface area contributed by atoms with E-state index in [1.165, 1.54) is 95.2 Å². The van der Waals surface area contributed by atoms with Crippen molar-refractivity contribution in [1.29, 1.82) is 0 Å². The van der Waals surface area contributed by atoms with Crippen LogP contribution in [0.5, 0.6) is 0 Å². The molecule has 0 aliphatic carbocycles. The molecule has 2 aliphatic heterocycles. The Bertz CT molecular complexity index is 3870. The molecule has 0 N–H and O–H groups in total. The summed E-state index contributed by atoms with van der Waals surface area (Å²) in [5, 5.41) is 2.65. The van der Waals surface area contributed by atoms with Gasteiger partial charge in [0.2, 0.25) is 0 Å². The number of anilines is 3. The molecule has 7 aromatic carbocycles. The van der Waals surface area contributed by atoms with E-state index in [4.69, 9.17) is 4.98 Å². The number of benzene rings is 7. The summed E-state index contributed by atoms with van der Waals surface area (Å²) in [6.45, 7) is 32.0. The first-order valence-corrected chi connectivity index (χ1v) is 26.8. The fourth-order valence-corrected chi connectivity index (χ4v) is 11.1. The third-order valence-electron chi connectivity index (χ3n) is 15.8. The van der Waals surface area contributed by atoms with E-state index in [-0.39, 0.29) is 54.3 Å². The maximum absolute atomic E-state index is 12.7. The molecule has 0 amide bonds. The topological polar surface area (TPSA) is 34.0 Å². The summed E-state index contributed by atoms with van der Waals surface area (Å²) in [6, 6.07) is 58.9. The standard InChI is InChI=1S/C57H57BN3.C13H11FN.Ir/c1-54(2,3)38-19-23-42(24-20-38)60-49-27-22-40(56(7,8)9)32-45(49)58-46-33-41(57(10,11)12)31-44-43-30-39(55(4,5)6)21-26-48(43)61(53(44)46)51-29-37(28-50(60)52(51)58)36-18-25-47(59-34-36)35-16-14-13-15-17-35;1-9-7-13(15-8-10(9)2)11-3-5-12(14)6-4-11;/h13-16,18-34H,1-12H3;3,5-8H,1-2H3;/q2*-1;. The fourth-order valence-electron chi connectivity index (χ4n) is 11.1. The van der Waals surface area contributed by atoms with E-state index in [0.29, 0.717) is 0 Å². The molecule has 10 aromatic rings. The van der Waals surface area contributed by atoms with Gasteiger partial charge in [-0.2, -0.15) is 0 Å².